The number of piperidine rings is 1. The Morgan fingerprint density at radius 1 is 1.33 bits per heavy atom. The van der Waals surface area contributed by atoms with Gasteiger partial charge in [-0.3, -0.25) is 9.59 Å². The Bertz CT molecular complexity index is 732. The summed E-state index contributed by atoms with van der Waals surface area (Å²) in [6.45, 7) is 1.59. The zero-order valence-electron chi connectivity index (χ0n) is 15.8. The molecule has 1 N–H and O–H groups in total. The summed E-state index contributed by atoms with van der Waals surface area (Å²) in [5, 5.41) is 3.43. The number of carbonyl (C=O) groups excluding carboxylic acids is 2. The van der Waals surface area contributed by atoms with Crippen molar-refractivity contribution in [3.05, 3.63) is 34.9 Å². The lowest BCUT2D eigenvalue weighted by Crippen LogP contribution is -2.40. The summed E-state index contributed by atoms with van der Waals surface area (Å²) >= 11 is 6.01. The van der Waals surface area contributed by atoms with Crippen LogP contribution in [0.1, 0.15) is 44.9 Å². The number of nitrogens with zero attached hydrogens (tertiary/aromatic N) is 1. The Morgan fingerprint density at radius 2 is 2.19 bits per heavy atom. The Labute approximate surface area is 165 Å². The van der Waals surface area contributed by atoms with Crippen LogP contribution in [0.3, 0.4) is 0 Å². The molecule has 146 valence electrons. The van der Waals surface area contributed by atoms with Gasteiger partial charge in [0.2, 0.25) is 11.8 Å². The van der Waals surface area contributed by atoms with E-state index in [2.05, 4.69) is 11.4 Å². The fraction of sp³-hybridized carbons (Fsp3) is 0.524. The van der Waals surface area contributed by atoms with E-state index in [0.29, 0.717) is 28.8 Å². The van der Waals surface area contributed by atoms with Crippen molar-refractivity contribution in [3.8, 4) is 5.75 Å². The molecule has 2 amide bonds. The highest BCUT2D eigenvalue weighted by atomic mass is 35.5. The third-order valence-electron chi connectivity index (χ3n) is 5.34. The molecule has 1 atom stereocenters. The molecular weight excluding hydrogens is 364 g/mol. The molecule has 3 rings (SSSR count). The lowest BCUT2D eigenvalue weighted by Gasteiger charge is -2.33. The molecule has 1 aromatic carbocycles. The van der Waals surface area contributed by atoms with Gasteiger partial charge in [-0.15, -0.1) is 0 Å². The molecule has 1 fully saturated rings. The number of benzene rings is 1. The first-order valence-electron chi connectivity index (χ1n) is 9.68. The zero-order chi connectivity index (χ0) is 19.2. The monoisotopic (exact) mass is 390 g/mol. The minimum Gasteiger partial charge on any atom is -0.495 e. The van der Waals surface area contributed by atoms with Crippen LogP contribution in [0.2, 0.25) is 5.02 Å². The number of hydrogen-bond donors (Lipinski definition) is 1. The van der Waals surface area contributed by atoms with Crippen molar-refractivity contribution in [3.63, 3.8) is 0 Å². The molecule has 1 aliphatic heterocycles. The summed E-state index contributed by atoms with van der Waals surface area (Å²) < 4.78 is 5.26. The van der Waals surface area contributed by atoms with Gasteiger partial charge in [-0.05, 0) is 62.6 Å². The van der Waals surface area contributed by atoms with Crippen molar-refractivity contribution in [2.24, 2.45) is 5.92 Å². The van der Waals surface area contributed by atoms with Crippen LogP contribution in [0.5, 0.6) is 5.75 Å². The number of amides is 2. The van der Waals surface area contributed by atoms with Crippen LogP contribution in [0.25, 0.3) is 0 Å². The van der Waals surface area contributed by atoms with Gasteiger partial charge in [0.05, 0.1) is 12.8 Å². The largest absolute Gasteiger partial charge is 0.495 e. The maximum absolute atomic E-state index is 12.6. The molecule has 2 aliphatic rings. The molecule has 0 saturated carbocycles. The first-order valence-corrected chi connectivity index (χ1v) is 10.1. The second kappa shape index (κ2) is 9.27. The Morgan fingerprint density at radius 3 is 2.93 bits per heavy atom. The molecule has 0 unspecified atom stereocenters. The Hall–Kier alpha value is -2.01. The van der Waals surface area contributed by atoms with Gasteiger partial charge in [0.1, 0.15) is 5.75 Å². The van der Waals surface area contributed by atoms with Crippen LogP contribution >= 0.6 is 11.6 Å². The molecule has 5 nitrogen and oxygen atoms in total. The normalized spacial score (nSPS) is 19.6. The summed E-state index contributed by atoms with van der Waals surface area (Å²) in [6.07, 6.45) is 8.37. The molecule has 0 aromatic heterocycles. The molecule has 1 aromatic rings. The molecule has 1 saturated heterocycles. The third-order valence-corrected chi connectivity index (χ3v) is 5.57. The second-order valence-corrected chi connectivity index (χ2v) is 7.75. The molecule has 1 aliphatic carbocycles. The summed E-state index contributed by atoms with van der Waals surface area (Å²) in [5.41, 5.74) is 1.56. The fourth-order valence-corrected chi connectivity index (χ4v) is 4.05. The van der Waals surface area contributed by atoms with Gasteiger partial charge in [-0.25, -0.2) is 0 Å². The van der Waals surface area contributed by atoms with Crippen molar-refractivity contribution >= 4 is 29.1 Å². The number of likely N-dealkylation sites (tertiary alicyclic amines) is 1. The van der Waals surface area contributed by atoms with Crippen LogP contribution in [0, 0.1) is 5.92 Å². The van der Waals surface area contributed by atoms with E-state index in [1.807, 2.05) is 4.90 Å². The highest BCUT2D eigenvalue weighted by Gasteiger charge is 2.26. The average molecular weight is 391 g/mol. The Balaban J connectivity index is 1.50. The molecule has 1 heterocycles. The quantitative estimate of drug-likeness (QED) is 0.782. The fourth-order valence-electron chi connectivity index (χ4n) is 3.88. The molecule has 27 heavy (non-hydrogen) atoms. The topological polar surface area (TPSA) is 58.6 Å². The van der Waals surface area contributed by atoms with E-state index >= 15 is 0 Å². The summed E-state index contributed by atoms with van der Waals surface area (Å²) in [7, 11) is 1.56. The molecule has 6 heteroatoms. The predicted octanol–water partition coefficient (Wildman–Crippen LogP) is 4.42. The number of hydrogen-bond acceptors (Lipinski definition) is 3. The number of anilines is 1. The maximum Gasteiger partial charge on any atom is 0.249 e. The molecule has 0 bridgehead atoms. The van der Waals surface area contributed by atoms with E-state index in [4.69, 9.17) is 16.3 Å². The van der Waals surface area contributed by atoms with E-state index in [1.54, 1.807) is 25.3 Å². The van der Waals surface area contributed by atoms with Gasteiger partial charge in [0.15, 0.2) is 0 Å². The first kappa shape index (κ1) is 19.7. The van der Waals surface area contributed by atoms with E-state index < -0.39 is 0 Å². The van der Waals surface area contributed by atoms with E-state index in [1.165, 1.54) is 0 Å². The van der Waals surface area contributed by atoms with Gasteiger partial charge >= 0.3 is 0 Å². The number of carbonyl (C=O) groups is 2. The molecule has 0 spiro atoms. The molecular formula is C21H27ClN2O3. The van der Waals surface area contributed by atoms with Crippen LogP contribution in [-0.4, -0.2) is 36.9 Å². The summed E-state index contributed by atoms with van der Waals surface area (Å²) in [6, 6.07) is 5.15. The van der Waals surface area contributed by atoms with Crippen LogP contribution < -0.4 is 10.1 Å². The van der Waals surface area contributed by atoms with Crippen LogP contribution in [0.4, 0.5) is 5.69 Å². The third kappa shape index (κ3) is 5.25. The average Bonchev–Trinajstić information content (AvgIpc) is 3.21. The van der Waals surface area contributed by atoms with Gasteiger partial charge < -0.3 is 15.0 Å². The minimum absolute atomic E-state index is 0.0579. The smallest absolute Gasteiger partial charge is 0.249 e. The number of rotatable bonds is 6. The Kier molecular flexibility index (Phi) is 6.78. The standard InChI is InChI=1S/C21H27ClN2O3/c1-27-19-10-9-17(22)13-18(19)23-20(25)11-8-15-5-4-12-24(14-15)21(26)16-6-2-3-7-16/h6,9-10,13,15H,2-5,7-8,11-12,14H2,1H3,(H,23,25)/t15-/m0/s1. The van der Waals surface area contributed by atoms with Crippen LogP contribution in [0.15, 0.2) is 29.8 Å². The first-order chi connectivity index (χ1) is 13.1. The number of allylic oxidation sites excluding steroid dienone is 1. The van der Waals surface area contributed by atoms with Crippen molar-refractivity contribution in [2.75, 3.05) is 25.5 Å². The predicted molar refractivity (Wildman–Crippen MR) is 107 cm³/mol. The highest BCUT2D eigenvalue weighted by Crippen LogP contribution is 2.29. The maximum atomic E-state index is 12.6. The highest BCUT2D eigenvalue weighted by molar-refractivity contribution is 6.31. The second-order valence-electron chi connectivity index (χ2n) is 7.31. The van der Waals surface area contributed by atoms with Gasteiger partial charge in [-0.1, -0.05) is 17.7 Å². The summed E-state index contributed by atoms with van der Waals surface area (Å²) in [4.78, 5) is 26.9. The lowest BCUT2D eigenvalue weighted by atomic mass is 9.92. The van der Waals surface area contributed by atoms with Crippen molar-refractivity contribution in [1.29, 1.82) is 0 Å². The number of halogens is 1. The van der Waals surface area contributed by atoms with E-state index in [9.17, 15) is 9.59 Å². The SMILES string of the molecule is COc1ccc(Cl)cc1NC(=O)CC[C@@H]1CCCN(C(=O)C2=CCCC2)C1. The zero-order valence-corrected chi connectivity index (χ0v) is 16.6. The number of methoxy groups -OCH3 is 1. The van der Waals surface area contributed by atoms with Crippen molar-refractivity contribution in [2.45, 2.75) is 44.9 Å². The number of nitrogens with one attached hydrogen (secondary N) is 1. The van der Waals surface area contributed by atoms with Gasteiger partial charge in [0, 0.05) is 30.1 Å². The van der Waals surface area contributed by atoms with E-state index in [0.717, 1.165) is 57.2 Å². The molecule has 0 radical (unpaired) electrons. The van der Waals surface area contributed by atoms with Gasteiger partial charge in [-0.2, -0.15) is 0 Å². The summed E-state index contributed by atoms with van der Waals surface area (Å²) in [5.74, 6) is 1.10. The van der Waals surface area contributed by atoms with E-state index in [-0.39, 0.29) is 11.8 Å². The van der Waals surface area contributed by atoms with Crippen molar-refractivity contribution < 1.29 is 14.3 Å². The van der Waals surface area contributed by atoms with Crippen LogP contribution in [-0.2, 0) is 9.59 Å². The van der Waals surface area contributed by atoms with Gasteiger partial charge in [0.25, 0.3) is 0 Å². The van der Waals surface area contributed by atoms with Crippen molar-refractivity contribution in [1.82, 2.24) is 4.90 Å². The number of ether oxygens (including phenoxy) is 1. The minimum atomic E-state index is -0.0579. The lowest BCUT2D eigenvalue weighted by molar-refractivity contribution is -0.129.